The molecule has 1 fully saturated rings. The molecule has 0 aromatic carbocycles. The predicted molar refractivity (Wildman–Crippen MR) is 65.5 cm³/mol. The van der Waals surface area contributed by atoms with Gasteiger partial charge in [0.2, 0.25) is 0 Å². The van der Waals surface area contributed by atoms with Crippen molar-refractivity contribution in [2.24, 2.45) is 11.8 Å². The van der Waals surface area contributed by atoms with Gasteiger partial charge in [0.05, 0.1) is 0 Å². The number of carboxylic acid groups (broad SMARTS) is 1. The van der Waals surface area contributed by atoms with Crippen LogP contribution in [0.2, 0.25) is 0 Å². The molecular formula is C13H25NO2. The van der Waals surface area contributed by atoms with Crippen LogP contribution in [0.25, 0.3) is 0 Å². The Kier molecular flexibility index (Phi) is 5.81. The number of aliphatic carboxylic acids is 1. The van der Waals surface area contributed by atoms with Crippen molar-refractivity contribution >= 4 is 5.97 Å². The van der Waals surface area contributed by atoms with Crippen LogP contribution in [0.15, 0.2) is 0 Å². The molecule has 3 heteroatoms. The van der Waals surface area contributed by atoms with E-state index in [1.807, 2.05) is 0 Å². The minimum atomic E-state index is -0.704. The van der Waals surface area contributed by atoms with Crippen LogP contribution in [-0.2, 0) is 4.79 Å². The fourth-order valence-electron chi connectivity index (χ4n) is 2.44. The van der Waals surface area contributed by atoms with Gasteiger partial charge in [0.15, 0.2) is 0 Å². The summed E-state index contributed by atoms with van der Waals surface area (Å²) in [4.78, 5) is 11.0. The third kappa shape index (κ3) is 4.97. The molecule has 0 aromatic rings. The fourth-order valence-corrected chi connectivity index (χ4v) is 2.44. The number of hydrogen-bond donors (Lipinski definition) is 2. The summed E-state index contributed by atoms with van der Waals surface area (Å²) < 4.78 is 0. The zero-order chi connectivity index (χ0) is 12.0. The van der Waals surface area contributed by atoms with Crippen LogP contribution in [0.3, 0.4) is 0 Å². The van der Waals surface area contributed by atoms with E-state index in [-0.39, 0.29) is 6.04 Å². The second-order valence-corrected chi connectivity index (χ2v) is 5.43. The minimum Gasteiger partial charge on any atom is -0.480 e. The Morgan fingerprint density at radius 2 is 1.94 bits per heavy atom. The second-order valence-electron chi connectivity index (χ2n) is 5.43. The van der Waals surface area contributed by atoms with Gasteiger partial charge < -0.3 is 10.4 Å². The molecule has 0 bridgehead atoms. The summed E-state index contributed by atoms with van der Waals surface area (Å²) in [6.07, 6.45) is 7.23. The highest BCUT2D eigenvalue weighted by Gasteiger charge is 2.20. The highest BCUT2D eigenvalue weighted by atomic mass is 16.4. The van der Waals surface area contributed by atoms with Crippen LogP contribution >= 0.6 is 0 Å². The fraction of sp³-hybridized carbons (Fsp3) is 0.923. The second kappa shape index (κ2) is 6.89. The maximum absolute atomic E-state index is 11.0. The molecule has 1 aliphatic carbocycles. The van der Waals surface area contributed by atoms with Gasteiger partial charge in [-0.1, -0.05) is 33.1 Å². The van der Waals surface area contributed by atoms with Crippen LogP contribution in [0.4, 0.5) is 0 Å². The van der Waals surface area contributed by atoms with Crippen LogP contribution < -0.4 is 5.32 Å². The highest BCUT2D eigenvalue weighted by Crippen LogP contribution is 2.23. The maximum Gasteiger partial charge on any atom is 0.320 e. The van der Waals surface area contributed by atoms with E-state index in [0.717, 1.165) is 13.0 Å². The lowest BCUT2D eigenvalue weighted by molar-refractivity contribution is -0.140. The van der Waals surface area contributed by atoms with Crippen molar-refractivity contribution in [3.05, 3.63) is 0 Å². The lowest BCUT2D eigenvalue weighted by Gasteiger charge is -2.24. The molecule has 0 aromatic heterocycles. The Morgan fingerprint density at radius 1 is 1.31 bits per heavy atom. The summed E-state index contributed by atoms with van der Waals surface area (Å²) in [6, 6.07) is -0.359. The standard InChI is InChI=1S/C13H25NO2/c1-10(2)8-12(13(15)16)14-9-11-6-4-3-5-7-11/h10-12,14H,3-9H2,1-2H3,(H,15,16)/t12-/m0/s1. The molecule has 0 saturated heterocycles. The lowest BCUT2D eigenvalue weighted by atomic mass is 9.89. The molecule has 0 heterocycles. The van der Waals surface area contributed by atoms with Crippen LogP contribution in [0.5, 0.6) is 0 Å². The third-order valence-corrected chi connectivity index (χ3v) is 3.38. The van der Waals surface area contributed by atoms with Crippen LogP contribution in [0.1, 0.15) is 52.4 Å². The Balaban J connectivity index is 2.28. The normalized spacial score (nSPS) is 19.9. The molecule has 0 amide bonds. The summed E-state index contributed by atoms with van der Waals surface area (Å²) >= 11 is 0. The topological polar surface area (TPSA) is 49.3 Å². The molecule has 1 saturated carbocycles. The summed E-state index contributed by atoms with van der Waals surface area (Å²) in [5, 5.41) is 12.3. The molecule has 0 radical (unpaired) electrons. The monoisotopic (exact) mass is 227 g/mol. The molecular weight excluding hydrogens is 202 g/mol. The number of rotatable bonds is 6. The summed E-state index contributed by atoms with van der Waals surface area (Å²) in [7, 11) is 0. The van der Waals surface area contributed by atoms with Crippen molar-refractivity contribution in [3.63, 3.8) is 0 Å². The van der Waals surface area contributed by atoms with Gasteiger partial charge in [0.25, 0.3) is 0 Å². The molecule has 1 rings (SSSR count). The number of carbonyl (C=O) groups is 1. The van der Waals surface area contributed by atoms with E-state index in [2.05, 4.69) is 19.2 Å². The van der Waals surface area contributed by atoms with Gasteiger partial charge in [-0.3, -0.25) is 4.79 Å². The van der Waals surface area contributed by atoms with Crippen molar-refractivity contribution in [1.82, 2.24) is 5.32 Å². The predicted octanol–water partition coefficient (Wildman–Crippen LogP) is 2.66. The largest absolute Gasteiger partial charge is 0.480 e. The molecule has 16 heavy (non-hydrogen) atoms. The highest BCUT2D eigenvalue weighted by molar-refractivity contribution is 5.73. The lowest BCUT2D eigenvalue weighted by Crippen LogP contribution is -2.40. The van der Waals surface area contributed by atoms with Gasteiger partial charge >= 0.3 is 5.97 Å². The third-order valence-electron chi connectivity index (χ3n) is 3.38. The molecule has 3 nitrogen and oxygen atoms in total. The van der Waals surface area contributed by atoms with E-state index in [1.54, 1.807) is 0 Å². The SMILES string of the molecule is CC(C)C[C@H](NCC1CCCCC1)C(=O)O. The first kappa shape index (κ1) is 13.5. The van der Waals surface area contributed by atoms with Crippen molar-refractivity contribution < 1.29 is 9.90 Å². The summed E-state index contributed by atoms with van der Waals surface area (Å²) in [5.74, 6) is 0.423. The molecule has 1 aliphatic rings. The Bertz CT molecular complexity index is 210. The molecule has 0 unspecified atom stereocenters. The zero-order valence-electron chi connectivity index (χ0n) is 10.5. The van der Waals surface area contributed by atoms with E-state index in [0.29, 0.717) is 11.8 Å². The van der Waals surface area contributed by atoms with Gasteiger partial charge in [-0.2, -0.15) is 0 Å². The molecule has 0 spiro atoms. The van der Waals surface area contributed by atoms with E-state index in [9.17, 15) is 4.79 Å². The molecule has 94 valence electrons. The van der Waals surface area contributed by atoms with Gasteiger partial charge in [-0.15, -0.1) is 0 Å². The van der Waals surface area contributed by atoms with E-state index < -0.39 is 5.97 Å². The average Bonchev–Trinajstić information content (AvgIpc) is 2.25. The molecule has 1 atom stereocenters. The smallest absolute Gasteiger partial charge is 0.320 e. The zero-order valence-corrected chi connectivity index (χ0v) is 10.5. The Hall–Kier alpha value is -0.570. The van der Waals surface area contributed by atoms with Crippen molar-refractivity contribution in [2.45, 2.75) is 58.4 Å². The van der Waals surface area contributed by atoms with Gasteiger partial charge in [-0.05, 0) is 37.6 Å². The summed E-state index contributed by atoms with van der Waals surface area (Å²) in [5.41, 5.74) is 0. The first-order valence-corrected chi connectivity index (χ1v) is 6.55. The average molecular weight is 227 g/mol. The van der Waals surface area contributed by atoms with Crippen LogP contribution in [0, 0.1) is 11.8 Å². The van der Waals surface area contributed by atoms with Gasteiger partial charge in [-0.25, -0.2) is 0 Å². The number of carboxylic acids is 1. The molecule has 2 N–H and O–H groups in total. The van der Waals surface area contributed by atoms with Crippen molar-refractivity contribution in [1.29, 1.82) is 0 Å². The first-order chi connectivity index (χ1) is 7.59. The quantitative estimate of drug-likeness (QED) is 0.733. The van der Waals surface area contributed by atoms with Crippen LogP contribution in [-0.4, -0.2) is 23.7 Å². The van der Waals surface area contributed by atoms with E-state index in [4.69, 9.17) is 5.11 Å². The summed E-state index contributed by atoms with van der Waals surface area (Å²) in [6.45, 7) is 5.01. The maximum atomic E-state index is 11.0. The van der Waals surface area contributed by atoms with Crippen molar-refractivity contribution in [3.8, 4) is 0 Å². The van der Waals surface area contributed by atoms with E-state index >= 15 is 0 Å². The van der Waals surface area contributed by atoms with E-state index in [1.165, 1.54) is 32.1 Å². The molecule has 0 aliphatic heterocycles. The van der Waals surface area contributed by atoms with Crippen molar-refractivity contribution in [2.75, 3.05) is 6.54 Å². The Morgan fingerprint density at radius 3 is 2.44 bits per heavy atom. The van der Waals surface area contributed by atoms with Gasteiger partial charge in [0.1, 0.15) is 6.04 Å². The number of hydrogen-bond acceptors (Lipinski definition) is 2. The number of nitrogens with one attached hydrogen (secondary N) is 1. The Labute approximate surface area is 98.6 Å². The minimum absolute atomic E-state index is 0.359. The van der Waals surface area contributed by atoms with Gasteiger partial charge in [0, 0.05) is 0 Å². The first-order valence-electron chi connectivity index (χ1n) is 6.55.